The standard InChI is InChI=1S/C17H23N3O.CH4/c1-7-8(2)16-13(9(3)12(6)21-16)15-14(7)19-17-18-10(4)11(5)20(15)17;/h9-12H,1-6H3,(H,18,19);1H4. The Balaban J connectivity index is 0.00000144. The molecule has 1 N–H and O–H groups in total. The van der Waals surface area contributed by atoms with Gasteiger partial charge in [0.25, 0.3) is 0 Å². The van der Waals surface area contributed by atoms with E-state index in [1.807, 2.05) is 0 Å². The SMILES string of the molecule is C.Cc1c2c(c3c(nc4n3C(C)C(C)N4)c1C)C(C)C(C)O2. The monoisotopic (exact) mass is 301 g/mol. The number of hydrogen-bond donors (Lipinski definition) is 1. The van der Waals surface area contributed by atoms with Gasteiger partial charge >= 0.3 is 0 Å². The van der Waals surface area contributed by atoms with E-state index in [-0.39, 0.29) is 13.5 Å². The van der Waals surface area contributed by atoms with E-state index in [4.69, 9.17) is 9.72 Å². The summed E-state index contributed by atoms with van der Waals surface area (Å²) in [6, 6.07) is 0.837. The van der Waals surface area contributed by atoms with Crippen molar-refractivity contribution in [1.29, 1.82) is 0 Å². The van der Waals surface area contributed by atoms with Gasteiger partial charge in [-0.2, -0.15) is 0 Å². The smallest absolute Gasteiger partial charge is 0.204 e. The van der Waals surface area contributed by atoms with Gasteiger partial charge in [-0.05, 0) is 45.7 Å². The summed E-state index contributed by atoms with van der Waals surface area (Å²) in [5.74, 6) is 2.51. The fourth-order valence-corrected chi connectivity index (χ4v) is 3.75. The van der Waals surface area contributed by atoms with Crippen LogP contribution in [0.1, 0.15) is 63.8 Å². The quantitative estimate of drug-likeness (QED) is 0.776. The second kappa shape index (κ2) is 4.64. The molecule has 22 heavy (non-hydrogen) atoms. The third-order valence-corrected chi connectivity index (χ3v) is 5.62. The lowest BCUT2D eigenvalue weighted by molar-refractivity contribution is 0.231. The van der Waals surface area contributed by atoms with Crippen LogP contribution in [0.4, 0.5) is 5.95 Å². The highest BCUT2D eigenvalue weighted by molar-refractivity contribution is 5.90. The Labute approximate surface area is 132 Å². The van der Waals surface area contributed by atoms with Crippen LogP contribution in [0.5, 0.6) is 5.75 Å². The number of benzene rings is 1. The molecule has 2 aromatic rings. The van der Waals surface area contributed by atoms with Crippen LogP contribution in [0.15, 0.2) is 0 Å². The lowest BCUT2D eigenvalue weighted by atomic mass is 9.93. The zero-order valence-corrected chi connectivity index (χ0v) is 13.6. The van der Waals surface area contributed by atoms with E-state index in [2.05, 4.69) is 51.4 Å². The van der Waals surface area contributed by atoms with Gasteiger partial charge in [0, 0.05) is 17.5 Å². The molecular formula is C18H27N3O. The van der Waals surface area contributed by atoms with Gasteiger partial charge in [0.1, 0.15) is 11.9 Å². The number of ether oxygens (including phenoxy) is 1. The van der Waals surface area contributed by atoms with Gasteiger partial charge in [-0.1, -0.05) is 14.4 Å². The predicted octanol–water partition coefficient (Wildman–Crippen LogP) is 4.55. The number of anilines is 1. The Bertz CT molecular complexity index is 762. The van der Waals surface area contributed by atoms with Crippen LogP contribution in [0.2, 0.25) is 0 Å². The molecule has 0 saturated carbocycles. The van der Waals surface area contributed by atoms with E-state index >= 15 is 0 Å². The van der Waals surface area contributed by atoms with Crippen LogP contribution in [0.25, 0.3) is 11.0 Å². The molecule has 4 atom stereocenters. The van der Waals surface area contributed by atoms with Gasteiger partial charge in [0.2, 0.25) is 5.95 Å². The maximum Gasteiger partial charge on any atom is 0.204 e. The van der Waals surface area contributed by atoms with Crippen molar-refractivity contribution in [2.75, 3.05) is 5.32 Å². The Hall–Kier alpha value is -1.71. The third-order valence-electron chi connectivity index (χ3n) is 5.62. The summed E-state index contributed by atoms with van der Waals surface area (Å²) in [4.78, 5) is 4.89. The molecule has 4 nitrogen and oxygen atoms in total. The van der Waals surface area contributed by atoms with Crippen molar-refractivity contribution in [3.8, 4) is 5.75 Å². The van der Waals surface area contributed by atoms with Crippen molar-refractivity contribution in [3.63, 3.8) is 0 Å². The molecule has 0 saturated heterocycles. The molecule has 0 fully saturated rings. The van der Waals surface area contributed by atoms with Crippen LogP contribution < -0.4 is 10.1 Å². The minimum absolute atomic E-state index is 0. The highest BCUT2D eigenvalue weighted by Gasteiger charge is 2.37. The first kappa shape index (κ1) is 15.2. The summed E-state index contributed by atoms with van der Waals surface area (Å²) >= 11 is 0. The van der Waals surface area contributed by atoms with Crippen LogP contribution in [0, 0.1) is 13.8 Å². The van der Waals surface area contributed by atoms with Gasteiger partial charge in [0.05, 0.1) is 17.1 Å². The van der Waals surface area contributed by atoms with E-state index in [1.165, 1.54) is 22.2 Å². The van der Waals surface area contributed by atoms with Crippen molar-refractivity contribution in [1.82, 2.24) is 9.55 Å². The Morgan fingerprint density at radius 3 is 2.45 bits per heavy atom. The molecule has 0 bridgehead atoms. The largest absolute Gasteiger partial charge is 0.489 e. The highest BCUT2D eigenvalue weighted by atomic mass is 16.5. The number of aryl methyl sites for hydroxylation is 1. The molecule has 1 aromatic carbocycles. The molecule has 0 spiro atoms. The van der Waals surface area contributed by atoms with E-state index in [1.54, 1.807) is 0 Å². The summed E-state index contributed by atoms with van der Waals surface area (Å²) in [5.41, 5.74) is 6.25. The first-order valence-corrected chi connectivity index (χ1v) is 7.90. The maximum absolute atomic E-state index is 6.17. The van der Waals surface area contributed by atoms with Gasteiger partial charge < -0.3 is 14.6 Å². The van der Waals surface area contributed by atoms with Crippen molar-refractivity contribution in [2.24, 2.45) is 0 Å². The molecule has 4 rings (SSSR count). The van der Waals surface area contributed by atoms with E-state index in [0.29, 0.717) is 18.0 Å². The minimum Gasteiger partial charge on any atom is -0.489 e. The van der Waals surface area contributed by atoms with Gasteiger partial charge in [-0.15, -0.1) is 0 Å². The average Bonchev–Trinajstić information content (AvgIpc) is 3.03. The lowest BCUT2D eigenvalue weighted by Gasteiger charge is -2.16. The van der Waals surface area contributed by atoms with E-state index in [9.17, 15) is 0 Å². The zero-order chi connectivity index (χ0) is 15.0. The minimum atomic E-state index is 0. The number of fused-ring (bicyclic) bond motifs is 5. The maximum atomic E-state index is 6.17. The molecule has 0 aliphatic carbocycles. The molecule has 120 valence electrons. The molecular weight excluding hydrogens is 274 g/mol. The molecule has 2 aliphatic heterocycles. The van der Waals surface area contributed by atoms with Crippen LogP contribution in [0.3, 0.4) is 0 Å². The fourth-order valence-electron chi connectivity index (χ4n) is 3.75. The number of imidazole rings is 1. The van der Waals surface area contributed by atoms with Crippen LogP contribution in [-0.4, -0.2) is 21.7 Å². The van der Waals surface area contributed by atoms with Gasteiger partial charge in [0.15, 0.2) is 0 Å². The molecule has 0 radical (unpaired) electrons. The summed E-state index contributed by atoms with van der Waals surface area (Å²) in [5, 5.41) is 3.51. The first-order valence-electron chi connectivity index (χ1n) is 7.90. The molecule has 2 aliphatic rings. The Morgan fingerprint density at radius 1 is 1.09 bits per heavy atom. The molecule has 4 heteroatoms. The summed E-state index contributed by atoms with van der Waals surface area (Å²) in [6.07, 6.45) is 0.233. The zero-order valence-electron chi connectivity index (χ0n) is 13.6. The second-order valence-corrected chi connectivity index (χ2v) is 6.78. The Kier molecular flexibility index (Phi) is 3.21. The Morgan fingerprint density at radius 2 is 1.77 bits per heavy atom. The number of hydrogen-bond acceptors (Lipinski definition) is 3. The van der Waals surface area contributed by atoms with Crippen molar-refractivity contribution in [2.45, 2.75) is 73.1 Å². The fraction of sp³-hybridized carbons (Fsp3) is 0.611. The van der Waals surface area contributed by atoms with E-state index < -0.39 is 0 Å². The number of nitrogens with zero attached hydrogens (tertiary/aromatic N) is 2. The number of aromatic nitrogens is 2. The van der Waals surface area contributed by atoms with Crippen molar-refractivity contribution in [3.05, 3.63) is 16.7 Å². The highest BCUT2D eigenvalue weighted by Crippen LogP contribution is 2.48. The van der Waals surface area contributed by atoms with E-state index in [0.717, 1.165) is 17.2 Å². The van der Waals surface area contributed by atoms with Crippen LogP contribution >= 0.6 is 0 Å². The molecule has 3 heterocycles. The number of rotatable bonds is 0. The summed E-state index contributed by atoms with van der Waals surface area (Å²) < 4.78 is 8.55. The van der Waals surface area contributed by atoms with Crippen molar-refractivity contribution < 1.29 is 4.74 Å². The van der Waals surface area contributed by atoms with Gasteiger partial charge in [-0.3, -0.25) is 0 Å². The van der Waals surface area contributed by atoms with Crippen LogP contribution in [-0.2, 0) is 0 Å². The van der Waals surface area contributed by atoms with Gasteiger partial charge in [-0.25, -0.2) is 4.98 Å². The predicted molar refractivity (Wildman–Crippen MR) is 92.2 cm³/mol. The van der Waals surface area contributed by atoms with Crippen molar-refractivity contribution >= 4 is 17.0 Å². The third kappa shape index (κ3) is 1.61. The molecule has 0 amide bonds. The molecule has 4 unspecified atom stereocenters. The summed E-state index contributed by atoms with van der Waals surface area (Å²) in [7, 11) is 0. The average molecular weight is 301 g/mol. The topological polar surface area (TPSA) is 39.1 Å². The lowest BCUT2D eigenvalue weighted by Crippen LogP contribution is -2.16. The molecule has 1 aromatic heterocycles. The first-order chi connectivity index (χ1) is 9.91. The second-order valence-electron chi connectivity index (χ2n) is 6.78. The summed E-state index contributed by atoms with van der Waals surface area (Å²) in [6.45, 7) is 13.2. The number of nitrogens with one attached hydrogen (secondary N) is 1. The normalized spacial score (nSPS) is 28.8.